The minimum atomic E-state index is -2.78. The monoisotopic (exact) mass is 1060 g/mol. The van der Waals surface area contributed by atoms with Gasteiger partial charge in [0.25, 0.3) is 17.3 Å². The number of aromatic nitrogens is 3. The maximum atomic E-state index is 15.2. The Morgan fingerprint density at radius 3 is 2.00 bits per heavy atom. The van der Waals surface area contributed by atoms with E-state index in [1.54, 1.807) is 27.1 Å². The number of Topliss-reactive ketones (excluding diaryl/α,β-unsaturated/α-hetero) is 4. The summed E-state index contributed by atoms with van der Waals surface area (Å²) in [6.07, 6.45) is 1.28. The second kappa shape index (κ2) is 18.7. The van der Waals surface area contributed by atoms with E-state index in [2.05, 4.69) is 35.9 Å². The average Bonchev–Trinajstić information content (AvgIpc) is 3.73. The Labute approximate surface area is 440 Å². The molecule has 2 fully saturated rings. The molecule has 0 spiro atoms. The number of fused-ring (bicyclic) bond motifs is 7. The standard InChI is InChI=1S/C35H43N3O6Si.C21H23N3O7/c1-19-15-22-16-23-17-24-28(38(6)7)30-27(33(37-43-30)42-18-21-13-11-10-12-14-21)32(41)35(24,44-45(8,9)34(3,4)5)31(40)26(23)29(39)25(22)20(2)36-19;1-7-4-8-5-9-6-10-14(24(2)3)16(26)13(19(22)29)18(28)21(10,31)17(27)11(9)15(25)12(8)20(30)23-7/h10-15,23-24,28,39H,16-18H2,1-9H3;4,9-10,14,25,28,31H,5-6H2,1-3H3,(H2,22,29)(H,23,30)/t23-,24-,28-,35-;9-,10-,14-,21-/m00/s1. The third kappa shape index (κ3) is 8.13. The lowest BCUT2D eigenvalue weighted by atomic mass is 9.57. The Kier molecular flexibility index (Phi) is 13.3. The number of pyridine rings is 2. The summed E-state index contributed by atoms with van der Waals surface area (Å²) in [5.74, 6) is -8.02. The van der Waals surface area contributed by atoms with E-state index in [1.807, 2.05) is 82.3 Å². The highest BCUT2D eigenvalue weighted by Gasteiger charge is 2.69. The van der Waals surface area contributed by atoms with Crippen molar-refractivity contribution >= 4 is 48.9 Å². The molecule has 20 heteroatoms. The number of amides is 1. The van der Waals surface area contributed by atoms with Crippen molar-refractivity contribution in [3.63, 3.8) is 0 Å². The number of aryl methyl sites for hydroxylation is 3. The summed E-state index contributed by atoms with van der Waals surface area (Å²) >= 11 is 0. The van der Waals surface area contributed by atoms with Gasteiger partial charge in [-0.1, -0.05) is 51.1 Å². The van der Waals surface area contributed by atoms with Gasteiger partial charge in [0.05, 0.1) is 17.6 Å². The molecule has 402 valence electrons. The number of hydrogen-bond donors (Lipinski definition) is 6. The van der Waals surface area contributed by atoms with Gasteiger partial charge in [-0.3, -0.25) is 43.6 Å². The predicted molar refractivity (Wildman–Crippen MR) is 281 cm³/mol. The van der Waals surface area contributed by atoms with Crippen molar-refractivity contribution in [1.82, 2.24) is 24.9 Å². The number of likely N-dealkylation sites (N-methyl/N-ethyl adjacent to an activating group) is 1. The zero-order valence-corrected chi connectivity index (χ0v) is 45.9. The fourth-order valence-electron chi connectivity index (χ4n) is 12.6. The van der Waals surface area contributed by atoms with E-state index in [0.29, 0.717) is 41.1 Å². The summed E-state index contributed by atoms with van der Waals surface area (Å²) in [5, 5.41) is 48.7. The van der Waals surface area contributed by atoms with E-state index in [4.69, 9.17) is 19.4 Å². The van der Waals surface area contributed by atoms with Gasteiger partial charge in [-0.05, 0) is 139 Å². The molecule has 6 aliphatic rings. The van der Waals surface area contributed by atoms with Crippen LogP contribution in [0, 0.1) is 44.4 Å². The molecule has 0 radical (unpaired) electrons. The molecule has 0 bridgehead atoms. The van der Waals surface area contributed by atoms with Gasteiger partial charge >= 0.3 is 0 Å². The van der Waals surface area contributed by atoms with Crippen LogP contribution in [0.15, 0.2) is 74.3 Å². The minimum absolute atomic E-state index is 0.0417. The zero-order valence-electron chi connectivity index (χ0n) is 44.9. The number of nitrogens with two attached hydrogens (primary N) is 1. The number of carbonyl (C=O) groups excluding carboxylic acids is 5. The third-order valence-electron chi connectivity index (χ3n) is 16.9. The molecule has 76 heavy (non-hydrogen) atoms. The summed E-state index contributed by atoms with van der Waals surface area (Å²) < 4.78 is 19.2. The Bertz CT molecular complexity index is 3330. The number of primary amides is 1. The van der Waals surface area contributed by atoms with Crippen molar-refractivity contribution in [2.24, 2.45) is 29.4 Å². The summed E-state index contributed by atoms with van der Waals surface area (Å²) in [6.45, 7) is 16.0. The largest absolute Gasteiger partial charge is 0.508 e. The van der Waals surface area contributed by atoms with Crippen LogP contribution in [-0.4, -0.2) is 128 Å². The Balaban J connectivity index is 0.000000199. The quantitative estimate of drug-likeness (QED) is 0.0689. The van der Waals surface area contributed by atoms with Crippen molar-refractivity contribution < 1.29 is 58.1 Å². The molecule has 10 rings (SSSR count). The number of benzene rings is 1. The minimum Gasteiger partial charge on any atom is -0.508 e. The lowest BCUT2D eigenvalue weighted by molar-refractivity contribution is -0.153. The van der Waals surface area contributed by atoms with Gasteiger partial charge in [0.2, 0.25) is 17.3 Å². The number of carbonyl (C=O) groups is 5. The van der Waals surface area contributed by atoms with Crippen molar-refractivity contribution in [3.05, 3.63) is 132 Å². The molecule has 0 unspecified atom stereocenters. The second-order valence-corrected chi connectivity index (χ2v) is 27.9. The lowest BCUT2D eigenvalue weighted by Crippen LogP contribution is -2.68. The molecule has 7 N–H and O–H groups in total. The van der Waals surface area contributed by atoms with Gasteiger partial charge in [-0.15, -0.1) is 0 Å². The fraction of sp³-hybridized carbons (Fsp3) is 0.464. The lowest BCUT2D eigenvalue weighted by Gasteiger charge is -2.55. The number of aliphatic hydroxyl groups is 4. The van der Waals surface area contributed by atoms with Gasteiger partial charge < -0.3 is 44.8 Å². The Morgan fingerprint density at radius 2 is 1.41 bits per heavy atom. The van der Waals surface area contributed by atoms with E-state index in [0.717, 1.165) is 16.8 Å². The van der Waals surface area contributed by atoms with Gasteiger partial charge in [0, 0.05) is 45.6 Å². The Morgan fingerprint density at radius 1 is 0.829 bits per heavy atom. The highest BCUT2D eigenvalue weighted by Crippen LogP contribution is 2.59. The molecule has 1 aromatic carbocycles. The molecule has 19 nitrogen and oxygen atoms in total. The second-order valence-electron chi connectivity index (χ2n) is 23.2. The van der Waals surface area contributed by atoms with Crippen LogP contribution in [0.3, 0.4) is 0 Å². The molecule has 3 heterocycles. The molecule has 8 atom stereocenters. The van der Waals surface area contributed by atoms with E-state index >= 15 is 9.59 Å². The van der Waals surface area contributed by atoms with Crippen LogP contribution >= 0.6 is 0 Å². The van der Waals surface area contributed by atoms with Gasteiger partial charge in [-0.2, -0.15) is 0 Å². The number of H-pyrrole nitrogens is 1. The van der Waals surface area contributed by atoms with E-state index in [9.17, 15) is 39.6 Å². The summed E-state index contributed by atoms with van der Waals surface area (Å²) in [5.41, 5.74) is 4.51. The van der Waals surface area contributed by atoms with Gasteiger partial charge in [-0.25, -0.2) is 0 Å². The van der Waals surface area contributed by atoms with Crippen LogP contribution < -0.4 is 16.0 Å². The maximum absolute atomic E-state index is 15.2. The van der Waals surface area contributed by atoms with E-state index < -0.39 is 101 Å². The summed E-state index contributed by atoms with van der Waals surface area (Å²) in [4.78, 5) is 91.8. The number of hydrogen-bond acceptors (Lipinski definition) is 17. The van der Waals surface area contributed by atoms with Crippen molar-refractivity contribution in [2.75, 3.05) is 28.2 Å². The molecule has 1 amide bonds. The number of ketones is 4. The number of aliphatic hydroxyl groups excluding tert-OH is 3. The fourth-order valence-corrected chi connectivity index (χ4v) is 14.0. The van der Waals surface area contributed by atoms with Gasteiger partial charge in [0.1, 0.15) is 35.0 Å². The average molecular weight is 1060 g/mol. The highest BCUT2D eigenvalue weighted by atomic mass is 28.4. The maximum Gasteiger partial charge on any atom is 0.265 e. The van der Waals surface area contributed by atoms with Crippen molar-refractivity contribution in [2.45, 2.75) is 115 Å². The summed E-state index contributed by atoms with van der Waals surface area (Å²) in [7, 11) is 4.15. The normalized spacial score (nSPS) is 27.0. The van der Waals surface area contributed by atoms with Gasteiger partial charge in [0.15, 0.2) is 31.1 Å². The topological polar surface area (TPSA) is 289 Å². The van der Waals surface area contributed by atoms with Crippen LogP contribution in [0.2, 0.25) is 18.1 Å². The molecule has 3 aromatic heterocycles. The first kappa shape index (κ1) is 54.0. The molecule has 0 saturated heterocycles. The first-order valence-electron chi connectivity index (χ1n) is 25.4. The van der Waals surface area contributed by atoms with Crippen molar-refractivity contribution in [3.8, 4) is 5.88 Å². The van der Waals surface area contributed by atoms with Crippen LogP contribution in [0.4, 0.5) is 0 Å². The number of nitrogens with one attached hydrogen (secondary N) is 1. The predicted octanol–water partition coefficient (Wildman–Crippen LogP) is 5.81. The summed E-state index contributed by atoms with van der Waals surface area (Å²) in [6, 6.07) is 11.7. The van der Waals surface area contributed by atoms with Crippen molar-refractivity contribution in [1.29, 1.82) is 0 Å². The van der Waals surface area contributed by atoms with Crippen LogP contribution in [-0.2, 0) is 43.1 Å². The van der Waals surface area contributed by atoms with Crippen LogP contribution in [0.25, 0.3) is 11.5 Å². The number of ether oxygens (including phenoxy) is 1. The molecular weight excluding hydrogens is 993 g/mol. The van der Waals surface area contributed by atoms with Crippen LogP contribution in [0.1, 0.15) is 101 Å². The molecule has 0 aliphatic heterocycles. The van der Waals surface area contributed by atoms with E-state index in [-0.39, 0.29) is 64.3 Å². The molecular formula is C56H66N6O13Si. The zero-order chi connectivity index (χ0) is 55.6. The highest BCUT2D eigenvalue weighted by molar-refractivity contribution is 6.74. The Hall–Kier alpha value is -6.84. The SMILES string of the molecule is Cc1cc2c(c(=O)[nH]1)C(O)=C1C(=O)[C@]3(O)C(O)=C(C(N)=O)C(=O)[C@@H](N(C)C)[C@@H]3C[C@@H]1C2.Cc1cc2c(c(C)n1)C(O)=C1C(=O)[C@]3(O[Si](C)(C)C(C)(C)C)C(=O)c4c(OCc5ccccc5)noc4[C@@H](N(C)C)[C@@H]3C[C@@H]1C2. The first-order chi connectivity index (χ1) is 35.5. The van der Waals surface area contributed by atoms with E-state index in [1.165, 1.54) is 4.90 Å². The number of rotatable bonds is 8. The number of aromatic amines is 1. The molecule has 4 aromatic rings. The number of nitrogens with zero attached hydrogens (tertiary/aromatic N) is 4. The third-order valence-corrected chi connectivity index (χ3v) is 21.3. The first-order valence-corrected chi connectivity index (χ1v) is 28.3. The van der Waals surface area contributed by atoms with Crippen LogP contribution in [0.5, 0.6) is 5.88 Å². The molecule has 6 aliphatic carbocycles. The molecule has 2 saturated carbocycles. The smallest absolute Gasteiger partial charge is 0.265 e.